The minimum atomic E-state index is -4.38. The molecule has 1 fully saturated rings. The van der Waals surface area contributed by atoms with Crippen LogP contribution in [0.2, 0.25) is 0 Å². The number of hydrogen-bond acceptors (Lipinski definition) is 6. The van der Waals surface area contributed by atoms with Gasteiger partial charge in [0.25, 0.3) is 0 Å². The number of nitro groups is 1. The van der Waals surface area contributed by atoms with E-state index < -0.39 is 22.3 Å². The molecule has 2 aliphatic rings. The normalized spacial score (nSPS) is 24.2. The fourth-order valence-electron chi connectivity index (χ4n) is 4.42. The number of halogens is 3. The molecular formula is C21H24F3N5O3. The van der Waals surface area contributed by atoms with Gasteiger partial charge in [-0.05, 0) is 29.5 Å². The molecule has 0 amide bonds. The van der Waals surface area contributed by atoms with Crippen molar-refractivity contribution in [1.82, 2.24) is 19.4 Å². The van der Waals surface area contributed by atoms with Gasteiger partial charge in [-0.25, -0.2) is 0 Å². The van der Waals surface area contributed by atoms with E-state index in [1.54, 1.807) is 4.57 Å². The number of ether oxygens (including phenoxy) is 1. The van der Waals surface area contributed by atoms with Gasteiger partial charge in [-0.15, -0.1) is 6.58 Å². The lowest BCUT2D eigenvalue weighted by atomic mass is 9.97. The zero-order valence-electron chi connectivity index (χ0n) is 17.6. The standard InChI is InChI=1S/C21H24F3N5O3/c1-3-8-26-9-10-27(17(11-26)15-4-6-16(7-5-15)21(22,23)24)13-20(2)14-28-12-18(29(30)31)25-19(28)32-20/h3-7,12,17H,1,8-11,13-14H2,2H3. The van der Waals surface area contributed by atoms with Crippen LogP contribution < -0.4 is 4.74 Å². The summed E-state index contributed by atoms with van der Waals surface area (Å²) in [5.74, 6) is -0.261. The molecule has 2 aromatic rings. The van der Waals surface area contributed by atoms with Gasteiger partial charge in [0.05, 0.1) is 12.1 Å². The molecule has 8 nitrogen and oxygen atoms in total. The Bertz CT molecular complexity index is 982. The van der Waals surface area contributed by atoms with Crippen LogP contribution in [0.1, 0.15) is 24.1 Å². The van der Waals surface area contributed by atoms with Crippen molar-refractivity contribution >= 4 is 5.82 Å². The molecule has 0 radical (unpaired) electrons. The van der Waals surface area contributed by atoms with Crippen molar-refractivity contribution in [1.29, 1.82) is 0 Å². The number of imidazole rings is 1. The highest BCUT2D eigenvalue weighted by Crippen LogP contribution is 2.35. The van der Waals surface area contributed by atoms with E-state index in [9.17, 15) is 23.3 Å². The van der Waals surface area contributed by atoms with Gasteiger partial charge in [0.15, 0.2) is 0 Å². The van der Waals surface area contributed by atoms with Crippen molar-refractivity contribution in [3.63, 3.8) is 0 Å². The lowest BCUT2D eigenvalue weighted by Crippen LogP contribution is -2.54. The minimum absolute atomic E-state index is 0.131. The second-order valence-corrected chi connectivity index (χ2v) is 8.47. The highest BCUT2D eigenvalue weighted by molar-refractivity contribution is 5.28. The first-order valence-corrected chi connectivity index (χ1v) is 10.2. The van der Waals surface area contributed by atoms with Gasteiger partial charge < -0.3 is 14.9 Å². The second kappa shape index (κ2) is 8.21. The molecule has 2 unspecified atom stereocenters. The smallest absolute Gasteiger partial charge is 0.416 e. The summed E-state index contributed by atoms with van der Waals surface area (Å²) in [6.07, 6.45) is -1.21. The van der Waals surface area contributed by atoms with Crippen molar-refractivity contribution in [3.8, 4) is 6.01 Å². The third-order valence-corrected chi connectivity index (χ3v) is 5.88. The highest BCUT2D eigenvalue weighted by Gasteiger charge is 2.43. The predicted molar refractivity (Wildman–Crippen MR) is 110 cm³/mol. The van der Waals surface area contributed by atoms with Gasteiger partial charge in [-0.2, -0.15) is 13.2 Å². The molecule has 172 valence electrons. The molecule has 1 aromatic heterocycles. The van der Waals surface area contributed by atoms with Gasteiger partial charge in [0.2, 0.25) is 0 Å². The number of piperazine rings is 1. The maximum Gasteiger partial charge on any atom is 0.416 e. The number of benzene rings is 1. The van der Waals surface area contributed by atoms with Crippen LogP contribution in [0.3, 0.4) is 0 Å². The van der Waals surface area contributed by atoms with E-state index in [-0.39, 0.29) is 17.9 Å². The van der Waals surface area contributed by atoms with Crippen molar-refractivity contribution in [2.45, 2.75) is 31.3 Å². The second-order valence-electron chi connectivity index (χ2n) is 8.47. The average Bonchev–Trinajstić information content (AvgIpc) is 3.24. The molecule has 3 heterocycles. The zero-order valence-corrected chi connectivity index (χ0v) is 17.6. The monoisotopic (exact) mass is 451 g/mol. The lowest BCUT2D eigenvalue weighted by Gasteiger charge is -2.44. The van der Waals surface area contributed by atoms with Crippen LogP contribution in [-0.2, 0) is 12.7 Å². The van der Waals surface area contributed by atoms with E-state index in [1.165, 1.54) is 18.3 Å². The Morgan fingerprint density at radius 1 is 1.34 bits per heavy atom. The molecule has 0 spiro atoms. The first-order chi connectivity index (χ1) is 15.1. The van der Waals surface area contributed by atoms with Crippen molar-refractivity contribution in [2.75, 3.05) is 32.7 Å². The van der Waals surface area contributed by atoms with E-state index in [4.69, 9.17) is 4.74 Å². The average molecular weight is 451 g/mol. The maximum atomic E-state index is 13.0. The number of hydrogen-bond donors (Lipinski definition) is 0. The van der Waals surface area contributed by atoms with E-state index in [1.807, 2.05) is 13.0 Å². The van der Waals surface area contributed by atoms with Gasteiger partial charge in [-0.1, -0.05) is 18.2 Å². The molecule has 2 aliphatic heterocycles. The number of aromatic nitrogens is 2. The molecule has 1 aromatic carbocycles. The summed E-state index contributed by atoms with van der Waals surface area (Å²) < 4.78 is 46.6. The first-order valence-electron chi connectivity index (χ1n) is 10.2. The van der Waals surface area contributed by atoms with Crippen molar-refractivity contribution < 1.29 is 22.8 Å². The zero-order chi connectivity index (χ0) is 23.1. The van der Waals surface area contributed by atoms with Crippen molar-refractivity contribution in [2.24, 2.45) is 0 Å². The number of nitrogens with zero attached hydrogens (tertiary/aromatic N) is 5. The van der Waals surface area contributed by atoms with Gasteiger partial charge in [0.1, 0.15) is 11.8 Å². The minimum Gasteiger partial charge on any atom is -0.436 e. The fraction of sp³-hybridized carbons (Fsp3) is 0.476. The fourth-order valence-corrected chi connectivity index (χ4v) is 4.42. The maximum absolute atomic E-state index is 13.0. The molecule has 0 N–H and O–H groups in total. The van der Waals surface area contributed by atoms with Crippen molar-refractivity contribution in [3.05, 3.63) is 64.4 Å². The summed E-state index contributed by atoms with van der Waals surface area (Å²) in [7, 11) is 0. The van der Waals surface area contributed by atoms with Crippen LogP contribution in [0.4, 0.5) is 19.0 Å². The largest absolute Gasteiger partial charge is 0.436 e. The first kappa shape index (κ1) is 22.3. The summed E-state index contributed by atoms with van der Waals surface area (Å²) in [6.45, 7) is 9.41. The topological polar surface area (TPSA) is 76.7 Å². The third kappa shape index (κ3) is 4.49. The van der Waals surface area contributed by atoms with E-state index in [0.717, 1.165) is 24.2 Å². The Kier molecular flexibility index (Phi) is 5.72. The molecule has 0 saturated carbocycles. The molecule has 0 bridgehead atoms. The Labute approximate surface area is 183 Å². The third-order valence-electron chi connectivity index (χ3n) is 5.88. The Morgan fingerprint density at radius 2 is 2.06 bits per heavy atom. The van der Waals surface area contributed by atoms with Crippen LogP contribution in [-0.4, -0.2) is 62.6 Å². The summed E-state index contributed by atoms with van der Waals surface area (Å²) in [5.41, 5.74) is -0.547. The molecule has 11 heteroatoms. The predicted octanol–water partition coefficient (Wildman–Crippen LogP) is 3.51. The molecule has 1 saturated heterocycles. The van der Waals surface area contributed by atoms with E-state index in [2.05, 4.69) is 21.4 Å². The van der Waals surface area contributed by atoms with Crippen LogP contribution in [0.15, 0.2) is 43.1 Å². The van der Waals surface area contributed by atoms with Gasteiger partial charge in [-0.3, -0.25) is 14.4 Å². The van der Waals surface area contributed by atoms with Crippen LogP contribution in [0, 0.1) is 10.1 Å². The SMILES string of the molecule is C=CCN1CCN(CC2(C)Cn3cc([N+](=O)[O-])nc3O2)C(c2ccc(C(F)(F)F)cc2)C1. The number of alkyl halides is 3. The Morgan fingerprint density at radius 3 is 2.66 bits per heavy atom. The highest BCUT2D eigenvalue weighted by atomic mass is 19.4. The molecule has 0 aliphatic carbocycles. The molecule has 2 atom stereocenters. The number of fused-ring (bicyclic) bond motifs is 1. The Hall–Kier alpha value is -2.92. The van der Waals surface area contributed by atoms with Gasteiger partial charge in [0, 0.05) is 43.7 Å². The summed E-state index contributed by atoms with van der Waals surface area (Å²) in [5, 5.41) is 10.9. The summed E-state index contributed by atoms with van der Waals surface area (Å²) in [4.78, 5) is 18.7. The van der Waals surface area contributed by atoms with Crippen LogP contribution in [0.5, 0.6) is 6.01 Å². The summed E-state index contributed by atoms with van der Waals surface area (Å²) in [6, 6.07) is 5.36. The van der Waals surface area contributed by atoms with Gasteiger partial charge >= 0.3 is 18.0 Å². The Balaban J connectivity index is 1.53. The van der Waals surface area contributed by atoms with E-state index >= 15 is 0 Å². The number of rotatable bonds is 6. The molecule has 4 rings (SSSR count). The molecular weight excluding hydrogens is 427 g/mol. The summed E-state index contributed by atoms with van der Waals surface area (Å²) >= 11 is 0. The quantitative estimate of drug-likeness (QED) is 0.380. The molecule has 32 heavy (non-hydrogen) atoms. The van der Waals surface area contributed by atoms with E-state index in [0.29, 0.717) is 32.7 Å². The van der Waals surface area contributed by atoms with Crippen LogP contribution in [0.25, 0.3) is 0 Å². The lowest BCUT2D eigenvalue weighted by molar-refractivity contribution is -0.389. The van der Waals surface area contributed by atoms with Crippen LogP contribution >= 0.6 is 0 Å².